The average Bonchev–Trinajstić information content (AvgIpc) is 2.77. The summed E-state index contributed by atoms with van der Waals surface area (Å²) in [5.74, 6) is 2.58. The van der Waals surface area contributed by atoms with Gasteiger partial charge >= 0.3 is 0 Å². The first kappa shape index (κ1) is 15.3. The van der Waals surface area contributed by atoms with Gasteiger partial charge in [0.1, 0.15) is 5.75 Å². The highest BCUT2D eigenvalue weighted by Gasteiger charge is 2.56. The van der Waals surface area contributed by atoms with E-state index in [9.17, 15) is 10.2 Å². The van der Waals surface area contributed by atoms with Crippen molar-refractivity contribution in [2.75, 3.05) is 0 Å². The Bertz CT molecular complexity index is 635. The molecule has 0 amide bonds. The second-order valence-corrected chi connectivity index (χ2v) is 8.29. The standard InChI is InChI=1S/C21H28O2/c1-3-4-18-19(23)12-21(2)10-9-16-15-8-6-14(22)11-13(15)5-7-17(16)20(18)21/h3-4,6,8,11,16-20,22-23H,5,7,9-10,12H2,1-2H3/t16-,17-,18-,19-,20-,21-/m1/s1. The fourth-order valence-electron chi connectivity index (χ4n) is 6.20. The number of aliphatic hydroxyl groups is 1. The van der Waals surface area contributed by atoms with Crippen LogP contribution in [0, 0.1) is 23.2 Å². The van der Waals surface area contributed by atoms with Gasteiger partial charge in [-0.3, -0.25) is 0 Å². The van der Waals surface area contributed by atoms with Crippen LogP contribution in [-0.4, -0.2) is 16.3 Å². The lowest BCUT2D eigenvalue weighted by Gasteiger charge is -2.50. The van der Waals surface area contributed by atoms with E-state index in [2.05, 4.69) is 32.1 Å². The fraction of sp³-hybridized carbons (Fsp3) is 0.619. The van der Waals surface area contributed by atoms with Crippen LogP contribution >= 0.6 is 0 Å². The number of fused-ring (bicyclic) bond motifs is 5. The molecule has 0 saturated heterocycles. The molecule has 0 radical (unpaired) electrons. The van der Waals surface area contributed by atoms with Crippen LogP contribution < -0.4 is 0 Å². The van der Waals surface area contributed by atoms with Gasteiger partial charge in [-0.15, -0.1) is 0 Å². The maximum absolute atomic E-state index is 10.7. The highest BCUT2D eigenvalue weighted by atomic mass is 16.3. The zero-order valence-electron chi connectivity index (χ0n) is 14.2. The Balaban J connectivity index is 1.73. The maximum atomic E-state index is 10.7. The fourth-order valence-corrected chi connectivity index (χ4v) is 6.20. The number of phenols is 1. The van der Waals surface area contributed by atoms with Gasteiger partial charge in [-0.25, -0.2) is 0 Å². The van der Waals surface area contributed by atoms with Gasteiger partial charge in [0.15, 0.2) is 0 Å². The van der Waals surface area contributed by atoms with Crippen molar-refractivity contribution in [3.8, 4) is 5.75 Å². The van der Waals surface area contributed by atoms with E-state index in [1.54, 1.807) is 0 Å². The van der Waals surface area contributed by atoms with Crippen molar-refractivity contribution in [2.24, 2.45) is 23.2 Å². The molecular weight excluding hydrogens is 284 g/mol. The quantitative estimate of drug-likeness (QED) is 0.754. The van der Waals surface area contributed by atoms with Crippen molar-refractivity contribution < 1.29 is 10.2 Å². The van der Waals surface area contributed by atoms with Gasteiger partial charge in [0.2, 0.25) is 0 Å². The van der Waals surface area contributed by atoms with E-state index in [0.29, 0.717) is 34.8 Å². The van der Waals surface area contributed by atoms with E-state index >= 15 is 0 Å². The Kier molecular flexibility index (Phi) is 3.57. The Hall–Kier alpha value is -1.28. The van der Waals surface area contributed by atoms with Gasteiger partial charge in [-0.05, 0) is 85.5 Å². The molecule has 2 N–H and O–H groups in total. The molecule has 0 aromatic heterocycles. The van der Waals surface area contributed by atoms with Crippen molar-refractivity contribution in [2.45, 2.75) is 58.0 Å². The minimum absolute atomic E-state index is 0.179. The Morgan fingerprint density at radius 2 is 2.09 bits per heavy atom. The molecule has 2 nitrogen and oxygen atoms in total. The molecule has 0 unspecified atom stereocenters. The molecule has 3 aliphatic rings. The van der Waals surface area contributed by atoms with Crippen molar-refractivity contribution in [3.63, 3.8) is 0 Å². The van der Waals surface area contributed by atoms with E-state index < -0.39 is 0 Å². The molecule has 2 heteroatoms. The first-order chi connectivity index (χ1) is 11.0. The average molecular weight is 312 g/mol. The van der Waals surface area contributed by atoms with Crippen LogP contribution in [0.3, 0.4) is 0 Å². The van der Waals surface area contributed by atoms with Crippen LogP contribution in [-0.2, 0) is 6.42 Å². The molecule has 2 saturated carbocycles. The summed E-state index contributed by atoms with van der Waals surface area (Å²) in [6, 6.07) is 5.97. The Morgan fingerprint density at radius 1 is 1.26 bits per heavy atom. The van der Waals surface area contributed by atoms with Crippen molar-refractivity contribution >= 4 is 0 Å². The topological polar surface area (TPSA) is 40.5 Å². The van der Waals surface area contributed by atoms with Gasteiger partial charge in [0.05, 0.1) is 6.10 Å². The molecule has 23 heavy (non-hydrogen) atoms. The lowest BCUT2D eigenvalue weighted by molar-refractivity contribution is 0.0431. The summed E-state index contributed by atoms with van der Waals surface area (Å²) >= 11 is 0. The number of aryl methyl sites for hydroxylation is 1. The van der Waals surface area contributed by atoms with Gasteiger partial charge in [0.25, 0.3) is 0 Å². The minimum atomic E-state index is -0.179. The SMILES string of the molecule is CC=C[C@H]1[C@H]2[C@@H]3CCc4cc(O)ccc4[C@H]3CC[C@]2(C)C[C@H]1O. The summed E-state index contributed by atoms with van der Waals surface area (Å²) in [5, 5.41) is 20.4. The molecule has 3 aliphatic carbocycles. The van der Waals surface area contributed by atoms with Gasteiger partial charge in [-0.1, -0.05) is 25.1 Å². The normalized spacial score (nSPS) is 42.3. The van der Waals surface area contributed by atoms with E-state index in [-0.39, 0.29) is 6.10 Å². The first-order valence-electron chi connectivity index (χ1n) is 9.16. The molecule has 0 bridgehead atoms. The molecule has 0 spiro atoms. The zero-order chi connectivity index (χ0) is 16.2. The summed E-state index contributed by atoms with van der Waals surface area (Å²) in [7, 11) is 0. The monoisotopic (exact) mass is 312 g/mol. The molecule has 124 valence electrons. The number of rotatable bonds is 1. The van der Waals surface area contributed by atoms with Crippen molar-refractivity contribution in [1.29, 1.82) is 0 Å². The first-order valence-corrected chi connectivity index (χ1v) is 9.16. The third-order valence-electron chi connectivity index (χ3n) is 7.03. The van der Waals surface area contributed by atoms with Gasteiger partial charge in [-0.2, -0.15) is 0 Å². The largest absolute Gasteiger partial charge is 0.508 e. The third-order valence-corrected chi connectivity index (χ3v) is 7.03. The molecule has 1 aromatic rings. The Labute approximate surface area is 139 Å². The van der Waals surface area contributed by atoms with Crippen molar-refractivity contribution in [1.82, 2.24) is 0 Å². The van der Waals surface area contributed by atoms with Crippen LogP contribution in [0.5, 0.6) is 5.75 Å². The van der Waals surface area contributed by atoms with Crippen LogP contribution in [0.25, 0.3) is 0 Å². The summed E-state index contributed by atoms with van der Waals surface area (Å²) in [4.78, 5) is 0. The number of aliphatic hydroxyl groups excluding tert-OH is 1. The zero-order valence-corrected chi connectivity index (χ0v) is 14.2. The summed E-state index contributed by atoms with van der Waals surface area (Å²) in [5.41, 5.74) is 3.09. The molecule has 6 atom stereocenters. The lowest BCUT2D eigenvalue weighted by atomic mass is 9.54. The maximum Gasteiger partial charge on any atom is 0.115 e. The highest BCUT2D eigenvalue weighted by molar-refractivity contribution is 5.40. The summed E-state index contributed by atoms with van der Waals surface area (Å²) in [6.45, 7) is 4.48. The number of hydrogen-bond donors (Lipinski definition) is 2. The highest BCUT2D eigenvalue weighted by Crippen LogP contribution is 2.63. The van der Waals surface area contributed by atoms with Crippen LogP contribution in [0.1, 0.15) is 56.6 Å². The number of allylic oxidation sites excluding steroid dienone is 1. The number of phenolic OH excluding ortho intramolecular Hbond substituents is 1. The van der Waals surface area contributed by atoms with E-state index in [4.69, 9.17) is 0 Å². The second-order valence-electron chi connectivity index (χ2n) is 8.29. The summed E-state index contributed by atoms with van der Waals surface area (Å²) < 4.78 is 0. The number of benzene rings is 1. The Morgan fingerprint density at radius 3 is 2.87 bits per heavy atom. The number of aromatic hydroxyl groups is 1. The molecule has 1 aromatic carbocycles. The smallest absolute Gasteiger partial charge is 0.115 e. The van der Waals surface area contributed by atoms with Crippen molar-refractivity contribution in [3.05, 3.63) is 41.5 Å². The van der Waals surface area contributed by atoms with Crippen LogP contribution in [0.4, 0.5) is 0 Å². The van der Waals surface area contributed by atoms with Crippen LogP contribution in [0.2, 0.25) is 0 Å². The number of hydrogen-bond acceptors (Lipinski definition) is 2. The van der Waals surface area contributed by atoms with E-state index in [0.717, 1.165) is 12.8 Å². The molecule has 0 heterocycles. The van der Waals surface area contributed by atoms with Crippen LogP contribution in [0.15, 0.2) is 30.4 Å². The van der Waals surface area contributed by atoms with E-state index in [1.807, 2.05) is 12.1 Å². The third kappa shape index (κ3) is 2.26. The van der Waals surface area contributed by atoms with Gasteiger partial charge in [0, 0.05) is 5.92 Å². The molecule has 2 fully saturated rings. The molecular formula is C21H28O2. The predicted molar refractivity (Wildman–Crippen MR) is 92.4 cm³/mol. The van der Waals surface area contributed by atoms with Gasteiger partial charge < -0.3 is 10.2 Å². The lowest BCUT2D eigenvalue weighted by Crippen LogP contribution is -2.42. The predicted octanol–water partition coefficient (Wildman–Crippen LogP) is 4.41. The molecule has 4 rings (SSSR count). The van der Waals surface area contributed by atoms with E-state index in [1.165, 1.54) is 30.4 Å². The minimum Gasteiger partial charge on any atom is -0.508 e. The summed E-state index contributed by atoms with van der Waals surface area (Å²) in [6.07, 6.45) is 9.86. The second kappa shape index (κ2) is 5.37. The molecule has 0 aliphatic heterocycles.